The van der Waals surface area contributed by atoms with E-state index in [4.69, 9.17) is 5.14 Å². The number of anilines is 1. The molecule has 1 atom stereocenters. The maximum absolute atomic E-state index is 12.4. The van der Waals surface area contributed by atoms with Crippen LogP contribution in [0, 0.1) is 0 Å². The lowest BCUT2D eigenvalue weighted by Gasteiger charge is -2.11. The van der Waals surface area contributed by atoms with Gasteiger partial charge in [-0.25, -0.2) is 18.5 Å². The van der Waals surface area contributed by atoms with Crippen LogP contribution in [-0.2, 0) is 14.8 Å². The highest BCUT2D eigenvalue weighted by molar-refractivity contribution is 8.02. The topological polar surface area (TPSA) is 102 Å². The van der Waals surface area contributed by atoms with Gasteiger partial charge in [0.2, 0.25) is 15.9 Å². The molecule has 0 aliphatic rings. The van der Waals surface area contributed by atoms with Crippen LogP contribution >= 0.6 is 23.1 Å². The fourth-order valence-electron chi connectivity index (χ4n) is 2.10. The van der Waals surface area contributed by atoms with Gasteiger partial charge >= 0.3 is 0 Å². The van der Waals surface area contributed by atoms with Crippen LogP contribution in [-0.4, -0.2) is 24.6 Å². The molecule has 3 aromatic rings. The van der Waals surface area contributed by atoms with Gasteiger partial charge in [0.25, 0.3) is 0 Å². The lowest BCUT2D eigenvalue weighted by molar-refractivity contribution is -0.115. The molecule has 0 radical (unpaired) electrons. The van der Waals surface area contributed by atoms with Crippen LogP contribution in [0.3, 0.4) is 0 Å². The lowest BCUT2D eigenvalue weighted by Crippen LogP contribution is -2.22. The second-order valence-electron chi connectivity index (χ2n) is 5.27. The van der Waals surface area contributed by atoms with Crippen molar-refractivity contribution in [3.63, 3.8) is 0 Å². The number of nitrogens with one attached hydrogen (secondary N) is 1. The van der Waals surface area contributed by atoms with E-state index in [-0.39, 0.29) is 10.8 Å². The molecule has 0 aliphatic carbocycles. The molecule has 2 aromatic carbocycles. The standard InChI is InChI=1S/C16H15N3O3S3/c1-10(23-16-19-13-7-2-3-8-14(13)24-16)15(20)18-11-5-4-6-12(9-11)25(17,21)22/h2-10H,1H3,(H,18,20)(H2,17,21,22). The van der Waals surface area contributed by atoms with Crippen molar-refractivity contribution in [1.82, 2.24) is 4.98 Å². The number of hydrogen-bond donors (Lipinski definition) is 2. The minimum Gasteiger partial charge on any atom is -0.325 e. The third kappa shape index (κ3) is 4.37. The maximum atomic E-state index is 12.4. The van der Waals surface area contributed by atoms with Gasteiger partial charge in [0.15, 0.2) is 4.34 Å². The Balaban J connectivity index is 1.70. The molecule has 0 saturated heterocycles. The molecular weight excluding hydrogens is 378 g/mol. The number of thioether (sulfide) groups is 1. The number of primary sulfonamides is 1. The summed E-state index contributed by atoms with van der Waals surface area (Å²) in [4.78, 5) is 16.8. The molecule has 1 amide bonds. The number of sulfonamides is 1. The molecule has 0 aliphatic heterocycles. The Kier molecular flexibility index (Phi) is 5.09. The van der Waals surface area contributed by atoms with E-state index in [1.165, 1.54) is 41.3 Å². The quantitative estimate of drug-likeness (QED) is 0.649. The third-order valence-corrected chi connectivity index (χ3v) is 6.49. The third-order valence-electron chi connectivity index (χ3n) is 3.35. The Labute approximate surface area is 153 Å². The number of carbonyl (C=O) groups is 1. The summed E-state index contributed by atoms with van der Waals surface area (Å²) in [6.45, 7) is 1.77. The fourth-order valence-corrected chi connectivity index (χ4v) is 4.87. The number of para-hydroxylation sites is 1. The number of nitrogens with two attached hydrogens (primary N) is 1. The fraction of sp³-hybridized carbons (Fsp3) is 0.125. The van der Waals surface area contributed by atoms with Crippen molar-refractivity contribution in [1.29, 1.82) is 0 Å². The highest BCUT2D eigenvalue weighted by atomic mass is 32.2. The summed E-state index contributed by atoms with van der Waals surface area (Å²) in [6, 6.07) is 13.6. The summed E-state index contributed by atoms with van der Waals surface area (Å²) in [5, 5.41) is 7.42. The van der Waals surface area contributed by atoms with E-state index in [0.29, 0.717) is 5.69 Å². The largest absolute Gasteiger partial charge is 0.325 e. The average Bonchev–Trinajstić information content (AvgIpc) is 2.96. The number of carbonyl (C=O) groups excluding carboxylic acids is 1. The van der Waals surface area contributed by atoms with E-state index >= 15 is 0 Å². The zero-order chi connectivity index (χ0) is 18.0. The minimum atomic E-state index is -3.81. The Morgan fingerprint density at radius 2 is 2.00 bits per heavy atom. The van der Waals surface area contributed by atoms with Crippen LogP contribution in [0.25, 0.3) is 10.2 Å². The first-order chi connectivity index (χ1) is 11.8. The van der Waals surface area contributed by atoms with Gasteiger partial charge < -0.3 is 5.32 Å². The highest BCUT2D eigenvalue weighted by Gasteiger charge is 2.18. The molecule has 9 heteroatoms. The van der Waals surface area contributed by atoms with Crippen LogP contribution in [0.1, 0.15) is 6.92 Å². The first-order valence-corrected chi connectivity index (χ1v) is 10.5. The van der Waals surface area contributed by atoms with Crippen LogP contribution in [0.5, 0.6) is 0 Å². The SMILES string of the molecule is CC(Sc1nc2ccccc2s1)C(=O)Nc1cccc(S(N)(=O)=O)c1. The monoisotopic (exact) mass is 393 g/mol. The van der Waals surface area contributed by atoms with Crippen LogP contribution < -0.4 is 10.5 Å². The summed E-state index contributed by atoms with van der Waals surface area (Å²) >= 11 is 2.89. The maximum Gasteiger partial charge on any atom is 0.238 e. The smallest absolute Gasteiger partial charge is 0.238 e. The molecule has 3 N–H and O–H groups in total. The van der Waals surface area contributed by atoms with Crippen molar-refractivity contribution >= 4 is 54.9 Å². The summed E-state index contributed by atoms with van der Waals surface area (Å²) in [5.41, 5.74) is 1.29. The van der Waals surface area contributed by atoms with Gasteiger partial charge in [0.05, 0.1) is 20.4 Å². The van der Waals surface area contributed by atoms with E-state index in [1.54, 1.807) is 13.0 Å². The molecular formula is C16H15N3O3S3. The van der Waals surface area contributed by atoms with Crippen molar-refractivity contribution in [2.75, 3.05) is 5.32 Å². The van der Waals surface area contributed by atoms with Gasteiger partial charge in [0, 0.05) is 5.69 Å². The molecule has 0 saturated carbocycles. The number of amides is 1. The van der Waals surface area contributed by atoms with E-state index in [0.717, 1.165) is 14.6 Å². The van der Waals surface area contributed by atoms with E-state index < -0.39 is 15.3 Å². The summed E-state index contributed by atoms with van der Waals surface area (Å²) in [7, 11) is -3.81. The van der Waals surface area contributed by atoms with Crippen molar-refractivity contribution < 1.29 is 13.2 Å². The molecule has 0 spiro atoms. The van der Waals surface area contributed by atoms with Gasteiger partial charge in [-0.15, -0.1) is 11.3 Å². The molecule has 0 bridgehead atoms. The number of fused-ring (bicyclic) bond motifs is 1. The molecule has 6 nitrogen and oxygen atoms in total. The van der Waals surface area contributed by atoms with Crippen molar-refractivity contribution in [2.45, 2.75) is 21.4 Å². The second-order valence-corrected chi connectivity index (χ2v) is 9.45. The number of benzene rings is 2. The predicted molar refractivity (Wildman–Crippen MR) is 101 cm³/mol. The lowest BCUT2D eigenvalue weighted by atomic mass is 10.3. The normalized spacial score (nSPS) is 12.9. The van der Waals surface area contributed by atoms with Crippen molar-refractivity contribution in [2.24, 2.45) is 5.14 Å². The molecule has 25 heavy (non-hydrogen) atoms. The molecule has 3 rings (SSSR count). The zero-order valence-corrected chi connectivity index (χ0v) is 15.6. The van der Waals surface area contributed by atoms with Gasteiger partial charge in [0.1, 0.15) is 0 Å². The first-order valence-electron chi connectivity index (χ1n) is 7.29. The summed E-state index contributed by atoms with van der Waals surface area (Å²) < 4.78 is 24.6. The Bertz CT molecular complexity index is 998. The minimum absolute atomic E-state index is 0.0446. The Morgan fingerprint density at radius 3 is 2.72 bits per heavy atom. The van der Waals surface area contributed by atoms with Crippen LogP contribution in [0.15, 0.2) is 57.8 Å². The first kappa shape index (κ1) is 17.9. The van der Waals surface area contributed by atoms with Gasteiger partial charge in [-0.2, -0.15) is 0 Å². The number of aromatic nitrogens is 1. The van der Waals surface area contributed by atoms with E-state index in [9.17, 15) is 13.2 Å². The molecule has 1 heterocycles. The second kappa shape index (κ2) is 7.12. The number of thiazole rings is 1. The van der Waals surface area contributed by atoms with Gasteiger partial charge in [-0.3, -0.25) is 4.79 Å². The van der Waals surface area contributed by atoms with Gasteiger partial charge in [-0.05, 0) is 37.3 Å². The summed E-state index contributed by atoms with van der Waals surface area (Å²) in [5.74, 6) is -0.240. The number of rotatable bonds is 5. The van der Waals surface area contributed by atoms with Gasteiger partial charge in [-0.1, -0.05) is 30.0 Å². The average molecular weight is 394 g/mol. The molecule has 1 unspecified atom stereocenters. The highest BCUT2D eigenvalue weighted by Crippen LogP contribution is 2.32. The molecule has 130 valence electrons. The molecule has 1 aromatic heterocycles. The predicted octanol–water partition coefficient (Wildman–Crippen LogP) is 3.06. The Morgan fingerprint density at radius 1 is 1.24 bits per heavy atom. The molecule has 0 fully saturated rings. The van der Waals surface area contributed by atoms with Crippen LogP contribution in [0.2, 0.25) is 0 Å². The van der Waals surface area contributed by atoms with E-state index in [2.05, 4.69) is 10.3 Å². The van der Waals surface area contributed by atoms with E-state index in [1.807, 2.05) is 24.3 Å². The number of nitrogens with zero attached hydrogens (tertiary/aromatic N) is 1. The van der Waals surface area contributed by atoms with Crippen molar-refractivity contribution in [3.05, 3.63) is 48.5 Å². The van der Waals surface area contributed by atoms with Crippen LogP contribution in [0.4, 0.5) is 5.69 Å². The van der Waals surface area contributed by atoms with Crippen molar-refractivity contribution in [3.8, 4) is 0 Å². The number of hydrogen-bond acceptors (Lipinski definition) is 6. The Hall–Kier alpha value is -1.94. The summed E-state index contributed by atoms with van der Waals surface area (Å²) in [6.07, 6.45) is 0. The zero-order valence-electron chi connectivity index (χ0n) is 13.2.